The summed E-state index contributed by atoms with van der Waals surface area (Å²) in [7, 11) is 4.33. The van der Waals surface area contributed by atoms with Crippen LogP contribution >= 0.6 is 12.2 Å². The van der Waals surface area contributed by atoms with Crippen molar-refractivity contribution in [2.45, 2.75) is 38.3 Å². The molecule has 2 unspecified atom stereocenters. The highest BCUT2D eigenvalue weighted by atomic mass is 32.1. The molecule has 0 aliphatic carbocycles. The molecule has 0 saturated carbocycles. The highest BCUT2D eigenvalue weighted by Crippen LogP contribution is 2.17. The average molecular weight is 229 g/mol. The van der Waals surface area contributed by atoms with Gasteiger partial charge in [-0.15, -0.1) is 0 Å². The maximum absolute atomic E-state index is 5.77. The molecule has 1 rings (SSSR count). The molecular formula is C11H23N3S. The molecule has 2 atom stereocenters. The number of thiocarbonyl (C=S) groups is 1. The van der Waals surface area contributed by atoms with E-state index in [1.165, 1.54) is 19.4 Å². The van der Waals surface area contributed by atoms with E-state index >= 15 is 0 Å². The zero-order valence-corrected chi connectivity index (χ0v) is 10.9. The summed E-state index contributed by atoms with van der Waals surface area (Å²) in [5, 5.41) is 0. The van der Waals surface area contributed by atoms with E-state index in [2.05, 4.69) is 30.8 Å². The summed E-state index contributed by atoms with van der Waals surface area (Å²) in [6.07, 6.45) is 3.55. The second-order valence-corrected chi connectivity index (χ2v) is 5.02. The van der Waals surface area contributed by atoms with Crippen LogP contribution in [-0.2, 0) is 0 Å². The zero-order valence-electron chi connectivity index (χ0n) is 10.1. The molecule has 0 spiro atoms. The van der Waals surface area contributed by atoms with Crippen molar-refractivity contribution in [2.24, 2.45) is 5.73 Å². The third kappa shape index (κ3) is 3.40. The largest absolute Gasteiger partial charge is 0.392 e. The maximum atomic E-state index is 5.77. The summed E-state index contributed by atoms with van der Waals surface area (Å²) >= 11 is 5.11. The van der Waals surface area contributed by atoms with Crippen LogP contribution in [-0.4, -0.2) is 54.1 Å². The van der Waals surface area contributed by atoms with Crippen molar-refractivity contribution in [3.05, 3.63) is 0 Å². The number of hydrogen-bond acceptors (Lipinski definition) is 3. The molecular weight excluding hydrogens is 206 g/mol. The molecule has 88 valence electrons. The van der Waals surface area contributed by atoms with Gasteiger partial charge in [-0.1, -0.05) is 19.1 Å². The van der Waals surface area contributed by atoms with Crippen LogP contribution in [0, 0.1) is 0 Å². The van der Waals surface area contributed by atoms with Crippen molar-refractivity contribution in [2.75, 3.05) is 27.2 Å². The van der Waals surface area contributed by atoms with Gasteiger partial charge in [0.05, 0.1) is 11.0 Å². The van der Waals surface area contributed by atoms with Gasteiger partial charge in [-0.3, -0.25) is 4.90 Å². The van der Waals surface area contributed by atoms with Gasteiger partial charge in [-0.25, -0.2) is 0 Å². The summed E-state index contributed by atoms with van der Waals surface area (Å²) in [6.45, 7) is 4.50. The fraction of sp³-hybridized carbons (Fsp3) is 0.909. The minimum absolute atomic E-state index is 0.261. The zero-order chi connectivity index (χ0) is 11.4. The van der Waals surface area contributed by atoms with E-state index < -0.39 is 0 Å². The smallest absolute Gasteiger partial charge is 0.0901 e. The van der Waals surface area contributed by atoms with Crippen LogP contribution in [0.5, 0.6) is 0 Å². The number of likely N-dealkylation sites (tertiary alicyclic amines) is 1. The van der Waals surface area contributed by atoms with Crippen LogP contribution in [0.25, 0.3) is 0 Å². The van der Waals surface area contributed by atoms with E-state index in [0.717, 1.165) is 13.0 Å². The van der Waals surface area contributed by atoms with Gasteiger partial charge in [0, 0.05) is 12.6 Å². The van der Waals surface area contributed by atoms with Crippen LogP contribution in [0.4, 0.5) is 0 Å². The molecule has 1 fully saturated rings. The summed E-state index contributed by atoms with van der Waals surface area (Å²) < 4.78 is 0. The number of likely N-dealkylation sites (N-methyl/N-ethyl adjacent to an activating group) is 2. The van der Waals surface area contributed by atoms with Crippen LogP contribution in [0.1, 0.15) is 26.2 Å². The molecule has 0 amide bonds. The number of hydrogen-bond donors (Lipinski definition) is 1. The van der Waals surface area contributed by atoms with Gasteiger partial charge in [0.1, 0.15) is 0 Å². The Labute approximate surface area is 98.6 Å². The molecule has 0 aromatic rings. The van der Waals surface area contributed by atoms with E-state index in [-0.39, 0.29) is 6.04 Å². The van der Waals surface area contributed by atoms with Crippen molar-refractivity contribution in [3.8, 4) is 0 Å². The molecule has 0 aromatic carbocycles. The van der Waals surface area contributed by atoms with Crippen molar-refractivity contribution in [1.29, 1.82) is 0 Å². The number of rotatable bonds is 4. The van der Waals surface area contributed by atoms with Crippen LogP contribution in [0.2, 0.25) is 0 Å². The molecule has 4 heteroatoms. The predicted octanol–water partition coefficient (Wildman–Crippen LogP) is 1.08. The Morgan fingerprint density at radius 2 is 2.33 bits per heavy atom. The second-order valence-electron chi connectivity index (χ2n) is 4.55. The lowest BCUT2D eigenvalue weighted by molar-refractivity contribution is 0.119. The first kappa shape index (κ1) is 12.9. The van der Waals surface area contributed by atoms with Gasteiger partial charge in [0.2, 0.25) is 0 Å². The summed E-state index contributed by atoms with van der Waals surface area (Å²) in [5.74, 6) is 0. The molecule has 1 saturated heterocycles. The van der Waals surface area contributed by atoms with E-state index in [1.807, 2.05) is 0 Å². The fourth-order valence-corrected chi connectivity index (χ4v) is 2.75. The Morgan fingerprint density at radius 1 is 1.67 bits per heavy atom. The second kappa shape index (κ2) is 5.77. The Morgan fingerprint density at radius 3 is 2.80 bits per heavy atom. The Kier molecular flexibility index (Phi) is 4.96. The molecule has 0 radical (unpaired) electrons. The fourth-order valence-electron chi connectivity index (χ4n) is 2.42. The number of nitrogens with two attached hydrogens (primary N) is 1. The maximum Gasteiger partial charge on any atom is 0.0901 e. The van der Waals surface area contributed by atoms with Crippen molar-refractivity contribution in [3.63, 3.8) is 0 Å². The van der Waals surface area contributed by atoms with Gasteiger partial charge in [-0.2, -0.15) is 0 Å². The van der Waals surface area contributed by atoms with Crippen LogP contribution in [0.15, 0.2) is 0 Å². The summed E-state index contributed by atoms with van der Waals surface area (Å²) in [6, 6.07) is 0.867. The molecule has 0 aromatic heterocycles. The van der Waals surface area contributed by atoms with Gasteiger partial charge < -0.3 is 10.6 Å². The highest BCUT2D eigenvalue weighted by Gasteiger charge is 2.26. The van der Waals surface area contributed by atoms with E-state index in [0.29, 0.717) is 11.0 Å². The van der Waals surface area contributed by atoms with Crippen LogP contribution < -0.4 is 5.73 Å². The summed E-state index contributed by atoms with van der Waals surface area (Å²) in [4.78, 5) is 5.38. The first-order valence-corrected chi connectivity index (χ1v) is 6.16. The lowest BCUT2D eigenvalue weighted by Gasteiger charge is -2.39. The molecule has 1 aliphatic heterocycles. The average Bonchev–Trinajstić information content (AvgIpc) is 2.18. The minimum atomic E-state index is 0.261. The number of piperidine rings is 1. The van der Waals surface area contributed by atoms with Gasteiger partial charge in [0.25, 0.3) is 0 Å². The van der Waals surface area contributed by atoms with Crippen molar-refractivity contribution >= 4 is 17.2 Å². The Bertz CT molecular complexity index is 220. The van der Waals surface area contributed by atoms with Gasteiger partial charge in [0.15, 0.2) is 0 Å². The Balaban J connectivity index is 2.57. The first-order valence-electron chi connectivity index (χ1n) is 5.76. The third-order valence-corrected chi connectivity index (χ3v) is 3.65. The molecule has 1 aliphatic rings. The molecule has 1 heterocycles. The van der Waals surface area contributed by atoms with Crippen molar-refractivity contribution in [1.82, 2.24) is 9.80 Å². The minimum Gasteiger partial charge on any atom is -0.392 e. The lowest BCUT2D eigenvalue weighted by Crippen LogP contribution is -2.52. The summed E-state index contributed by atoms with van der Waals surface area (Å²) in [5.41, 5.74) is 5.77. The Hall–Kier alpha value is -0.190. The normalized spacial score (nSPS) is 25.5. The van der Waals surface area contributed by atoms with E-state index in [1.54, 1.807) is 0 Å². The third-order valence-electron chi connectivity index (χ3n) is 3.38. The topological polar surface area (TPSA) is 32.5 Å². The van der Waals surface area contributed by atoms with E-state index in [4.69, 9.17) is 18.0 Å². The first-order chi connectivity index (χ1) is 7.06. The lowest BCUT2D eigenvalue weighted by atomic mass is 10.0. The molecule has 0 bridgehead atoms. The predicted molar refractivity (Wildman–Crippen MR) is 69.1 cm³/mol. The monoisotopic (exact) mass is 229 g/mol. The molecule has 3 nitrogen and oxygen atoms in total. The molecule has 2 N–H and O–H groups in total. The van der Waals surface area contributed by atoms with Gasteiger partial charge in [-0.05, 0) is 39.9 Å². The number of nitrogens with zero attached hydrogens (tertiary/aromatic N) is 2. The van der Waals surface area contributed by atoms with E-state index in [9.17, 15) is 0 Å². The van der Waals surface area contributed by atoms with Crippen LogP contribution in [0.3, 0.4) is 0 Å². The van der Waals surface area contributed by atoms with Crippen molar-refractivity contribution < 1.29 is 0 Å². The highest BCUT2D eigenvalue weighted by molar-refractivity contribution is 7.80. The molecule has 15 heavy (non-hydrogen) atoms. The van der Waals surface area contributed by atoms with Gasteiger partial charge >= 0.3 is 0 Å². The standard InChI is InChI=1S/C11H23N3S/c1-4-10(11(12)15)14(3)9-6-5-7-13(2)8-9/h9-10H,4-8H2,1-3H3,(H2,12,15). The quantitative estimate of drug-likeness (QED) is 0.731. The SMILES string of the molecule is CCC(C(N)=S)N(C)C1CCCN(C)C1.